The van der Waals surface area contributed by atoms with Crippen LogP contribution in [-0.4, -0.2) is 88.1 Å². The topological polar surface area (TPSA) is 58.6 Å². The third-order valence-corrected chi connectivity index (χ3v) is 6.81. The van der Waals surface area contributed by atoms with Crippen LogP contribution in [0, 0.1) is 5.92 Å². The lowest BCUT2D eigenvalue weighted by Crippen LogP contribution is -2.54. The molecule has 32 heavy (non-hydrogen) atoms. The molecule has 0 saturated carbocycles. The van der Waals surface area contributed by atoms with Gasteiger partial charge in [0.15, 0.2) is 5.96 Å². The van der Waals surface area contributed by atoms with Crippen molar-refractivity contribution in [2.45, 2.75) is 44.4 Å². The number of benzene rings is 1. The van der Waals surface area contributed by atoms with Gasteiger partial charge in [-0.15, -0.1) is 24.0 Å². The largest absolute Gasteiger partial charge is 0.497 e. The lowest BCUT2D eigenvalue weighted by molar-refractivity contribution is -0.0817. The zero-order valence-electron chi connectivity index (χ0n) is 19.5. The number of halogens is 1. The van der Waals surface area contributed by atoms with E-state index in [1.54, 1.807) is 7.11 Å². The van der Waals surface area contributed by atoms with Crippen LogP contribution < -0.4 is 10.1 Å². The molecule has 1 aromatic carbocycles. The Kier molecular flexibility index (Phi) is 10.3. The molecular weight excluding hydrogens is 519 g/mol. The highest BCUT2D eigenvalue weighted by Gasteiger charge is 2.32. The summed E-state index contributed by atoms with van der Waals surface area (Å²) in [6.45, 7) is 7.68. The molecule has 2 unspecified atom stereocenters. The van der Waals surface area contributed by atoms with Gasteiger partial charge in [0.05, 0.1) is 19.8 Å². The fourth-order valence-electron chi connectivity index (χ4n) is 4.89. The predicted octanol–water partition coefficient (Wildman–Crippen LogP) is 2.98. The Morgan fingerprint density at radius 1 is 1.06 bits per heavy atom. The van der Waals surface area contributed by atoms with Crippen molar-refractivity contribution in [3.8, 4) is 5.75 Å². The van der Waals surface area contributed by atoms with E-state index >= 15 is 0 Å². The molecule has 0 aliphatic carbocycles. The summed E-state index contributed by atoms with van der Waals surface area (Å²) in [6, 6.07) is 8.44. The van der Waals surface area contributed by atoms with E-state index in [0.29, 0.717) is 5.92 Å². The maximum atomic E-state index is 5.99. The van der Waals surface area contributed by atoms with Gasteiger partial charge in [0.25, 0.3) is 0 Å². The first kappa shape index (κ1) is 25.5. The Morgan fingerprint density at radius 2 is 1.81 bits per heavy atom. The number of rotatable bonds is 6. The molecule has 3 saturated heterocycles. The molecule has 3 fully saturated rings. The zero-order chi connectivity index (χ0) is 21.5. The van der Waals surface area contributed by atoms with E-state index in [1.807, 2.05) is 19.2 Å². The van der Waals surface area contributed by atoms with Crippen LogP contribution in [0.25, 0.3) is 0 Å². The van der Waals surface area contributed by atoms with Crippen LogP contribution >= 0.6 is 24.0 Å². The van der Waals surface area contributed by atoms with Gasteiger partial charge in [-0.3, -0.25) is 9.89 Å². The van der Waals surface area contributed by atoms with E-state index in [-0.39, 0.29) is 36.2 Å². The Hall–Kier alpha value is -1.10. The number of likely N-dealkylation sites (tertiary alicyclic amines) is 1. The predicted molar refractivity (Wildman–Crippen MR) is 138 cm³/mol. The smallest absolute Gasteiger partial charge is 0.193 e. The third-order valence-electron chi connectivity index (χ3n) is 6.81. The second-order valence-corrected chi connectivity index (χ2v) is 8.90. The molecule has 2 atom stereocenters. The molecule has 4 rings (SSSR count). The molecule has 0 bridgehead atoms. The van der Waals surface area contributed by atoms with Crippen molar-refractivity contribution in [1.82, 2.24) is 15.1 Å². The zero-order valence-corrected chi connectivity index (χ0v) is 21.8. The first-order chi connectivity index (χ1) is 15.2. The Bertz CT molecular complexity index is 704. The molecule has 7 nitrogen and oxygen atoms in total. The van der Waals surface area contributed by atoms with Gasteiger partial charge in [0.2, 0.25) is 0 Å². The molecule has 8 heteroatoms. The molecule has 1 aromatic rings. The minimum absolute atomic E-state index is 0. The van der Waals surface area contributed by atoms with Crippen molar-refractivity contribution in [3.63, 3.8) is 0 Å². The highest BCUT2D eigenvalue weighted by Crippen LogP contribution is 2.22. The van der Waals surface area contributed by atoms with E-state index in [0.717, 1.165) is 77.0 Å². The highest BCUT2D eigenvalue weighted by atomic mass is 127. The van der Waals surface area contributed by atoms with Gasteiger partial charge in [-0.2, -0.15) is 0 Å². The second-order valence-electron chi connectivity index (χ2n) is 8.90. The average Bonchev–Trinajstić information content (AvgIpc) is 3.36. The van der Waals surface area contributed by atoms with E-state index in [1.165, 1.54) is 18.4 Å². The quantitative estimate of drug-likeness (QED) is 0.329. The Labute approximate surface area is 209 Å². The van der Waals surface area contributed by atoms with Crippen molar-refractivity contribution in [3.05, 3.63) is 29.8 Å². The van der Waals surface area contributed by atoms with Gasteiger partial charge in [-0.05, 0) is 62.4 Å². The average molecular weight is 559 g/mol. The molecule has 0 amide bonds. The number of morpholine rings is 1. The summed E-state index contributed by atoms with van der Waals surface area (Å²) in [6.07, 6.45) is 5.12. The lowest BCUT2D eigenvalue weighted by atomic mass is 9.96. The molecule has 0 radical (unpaired) electrons. The maximum Gasteiger partial charge on any atom is 0.193 e. The van der Waals surface area contributed by atoms with Crippen molar-refractivity contribution in [2.24, 2.45) is 10.9 Å². The number of hydrogen-bond donors (Lipinski definition) is 1. The molecule has 3 aliphatic rings. The third kappa shape index (κ3) is 6.95. The summed E-state index contributed by atoms with van der Waals surface area (Å²) in [5, 5.41) is 3.64. The van der Waals surface area contributed by atoms with Crippen molar-refractivity contribution >= 4 is 29.9 Å². The summed E-state index contributed by atoms with van der Waals surface area (Å²) in [4.78, 5) is 9.46. The van der Waals surface area contributed by atoms with Crippen LogP contribution in [0.2, 0.25) is 0 Å². The Morgan fingerprint density at radius 3 is 2.47 bits per heavy atom. The van der Waals surface area contributed by atoms with E-state index in [4.69, 9.17) is 14.2 Å². The number of ether oxygens (including phenoxy) is 3. The van der Waals surface area contributed by atoms with Gasteiger partial charge in [0, 0.05) is 39.8 Å². The summed E-state index contributed by atoms with van der Waals surface area (Å²) >= 11 is 0. The molecule has 0 spiro atoms. The first-order valence-electron chi connectivity index (χ1n) is 11.8. The minimum atomic E-state index is 0. The van der Waals surface area contributed by atoms with Gasteiger partial charge in [-0.25, -0.2) is 0 Å². The van der Waals surface area contributed by atoms with Gasteiger partial charge in [0.1, 0.15) is 11.9 Å². The number of aliphatic imine (C=N–C) groups is 1. The van der Waals surface area contributed by atoms with Crippen LogP contribution in [0.4, 0.5) is 0 Å². The number of nitrogens with one attached hydrogen (secondary N) is 1. The lowest BCUT2D eigenvalue weighted by Gasteiger charge is -2.38. The van der Waals surface area contributed by atoms with Gasteiger partial charge in [-0.1, -0.05) is 12.1 Å². The Balaban J connectivity index is 0.00000289. The van der Waals surface area contributed by atoms with E-state index < -0.39 is 0 Å². The molecule has 0 aromatic heterocycles. The van der Waals surface area contributed by atoms with E-state index in [2.05, 4.69) is 32.2 Å². The fraction of sp³-hybridized carbons (Fsp3) is 0.708. The van der Waals surface area contributed by atoms with E-state index in [9.17, 15) is 0 Å². The van der Waals surface area contributed by atoms with Crippen LogP contribution in [0.3, 0.4) is 0 Å². The molecule has 180 valence electrons. The summed E-state index contributed by atoms with van der Waals surface area (Å²) in [5.41, 5.74) is 1.35. The van der Waals surface area contributed by atoms with Crippen molar-refractivity contribution < 1.29 is 14.2 Å². The minimum Gasteiger partial charge on any atom is -0.497 e. The summed E-state index contributed by atoms with van der Waals surface area (Å²) in [5.74, 6) is 2.62. The van der Waals surface area contributed by atoms with Gasteiger partial charge >= 0.3 is 0 Å². The van der Waals surface area contributed by atoms with Crippen LogP contribution in [0.1, 0.15) is 31.2 Å². The highest BCUT2D eigenvalue weighted by molar-refractivity contribution is 14.0. The number of nitrogens with zero attached hydrogens (tertiary/aromatic N) is 3. The molecule has 3 aliphatic heterocycles. The normalized spacial score (nSPS) is 25.4. The molecular formula is C24H39IN4O3. The second kappa shape index (κ2) is 13.0. The molecule has 3 heterocycles. The van der Waals surface area contributed by atoms with Crippen molar-refractivity contribution in [1.29, 1.82) is 0 Å². The maximum absolute atomic E-state index is 5.99. The monoisotopic (exact) mass is 558 g/mol. The van der Waals surface area contributed by atoms with Crippen LogP contribution in [-0.2, 0) is 16.0 Å². The number of hydrogen-bond acceptors (Lipinski definition) is 5. The SMILES string of the molecule is CN=C(NCC1CCN(Cc2ccc(OC)cc2)CC1)N1CCOC(C2CCCO2)C1.I. The number of piperidine rings is 1. The van der Waals surface area contributed by atoms with Crippen LogP contribution in [0.15, 0.2) is 29.3 Å². The van der Waals surface area contributed by atoms with Crippen LogP contribution in [0.5, 0.6) is 5.75 Å². The first-order valence-corrected chi connectivity index (χ1v) is 11.8. The van der Waals surface area contributed by atoms with Gasteiger partial charge < -0.3 is 24.4 Å². The fourth-order valence-corrected chi connectivity index (χ4v) is 4.89. The molecule has 1 N–H and O–H groups in total. The number of methoxy groups -OCH3 is 1. The summed E-state index contributed by atoms with van der Waals surface area (Å²) in [7, 11) is 3.60. The van der Waals surface area contributed by atoms with Crippen molar-refractivity contribution in [2.75, 3.05) is 60.1 Å². The summed E-state index contributed by atoms with van der Waals surface area (Å²) < 4.78 is 17.1. The standard InChI is InChI=1S/C24H38N4O3.HI/c1-25-24(28-13-15-31-23(18-28)22-4-3-14-30-22)26-16-19-9-11-27(12-10-19)17-20-5-7-21(29-2)8-6-20;/h5-8,19,22-23H,3-4,9-18H2,1-2H3,(H,25,26);1H. The number of guanidine groups is 1.